The summed E-state index contributed by atoms with van der Waals surface area (Å²) in [6, 6.07) is 17.7. The highest BCUT2D eigenvalue weighted by atomic mass is 32.2. The van der Waals surface area contributed by atoms with Crippen molar-refractivity contribution in [2.45, 2.75) is 11.8 Å². The van der Waals surface area contributed by atoms with Crippen LogP contribution < -0.4 is 19.8 Å². The minimum Gasteiger partial charge on any atom is -0.497 e. The number of ether oxygens (including phenoxy) is 1. The van der Waals surface area contributed by atoms with Crippen LogP contribution in [-0.2, 0) is 19.6 Å². The molecule has 11 nitrogen and oxygen atoms in total. The Labute approximate surface area is 213 Å². The van der Waals surface area contributed by atoms with Crippen LogP contribution in [0.5, 0.6) is 5.75 Å². The Bertz CT molecular complexity index is 1420. The molecule has 37 heavy (non-hydrogen) atoms. The van der Waals surface area contributed by atoms with Gasteiger partial charge in [-0.1, -0.05) is 18.2 Å². The first kappa shape index (κ1) is 26.9. The Balaban J connectivity index is 1.86. The molecule has 0 aliphatic carbocycles. The maximum Gasteiger partial charge on any atom is 0.336 e. The summed E-state index contributed by atoms with van der Waals surface area (Å²) in [6.45, 7) is 0.706. The summed E-state index contributed by atoms with van der Waals surface area (Å²) >= 11 is 0. The van der Waals surface area contributed by atoms with Crippen LogP contribution in [0.15, 0.2) is 82.8 Å². The van der Waals surface area contributed by atoms with Gasteiger partial charge in [0, 0.05) is 18.2 Å². The van der Waals surface area contributed by atoms with E-state index in [4.69, 9.17) is 4.74 Å². The Kier molecular flexibility index (Phi) is 8.59. The predicted octanol–water partition coefficient (Wildman–Crippen LogP) is 2.70. The normalized spacial score (nSPS) is 11.1. The number of hydrazone groups is 1. The highest BCUT2D eigenvalue weighted by Gasteiger charge is 2.27. The van der Waals surface area contributed by atoms with Crippen molar-refractivity contribution in [2.75, 3.05) is 23.3 Å². The van der Waals surface area contributed by atoms with E-state index in [1.807, 2.05) is 0 Å². The van der Waals surface area contributed by atoms with Crippen molar-refractivity contribution < 1.29 is 32.6 Å². The molecule has 0 aromatic heterocycles. The molecule has 0 bridgehead atoms. The summed E-state index contributed by atoms with van der Waals surface area (Å²) in [5, 5.41) is 15.6. The first-order valence-corrected chi connectivity index (χ1v) is 12.2. The lowest BCUT2D eigenvalue weighted by atomic mass is 10.1. The van der Waals surface area contributed by atoms with Gasteiger partial charge in [-0.05, 0) is 54.6 Å². The zero-order chi connectivity index (χ0) is 27.0. The van der Waals surface area contributed by atoms with Crippen molar-refractivity contribution >= 4 is 45.4 Å². The van der Waals surface area contributed by atoms with Gasteiger partial charge in [-0.15, -0.1) is 0 Å². The van der Waals surface area contributed by atoms with Gasteiger partial charge >= 0.3 is 5.97 Å². The summed E-state index contributed by atoms with van der Waals surface area (Å²) < 4.78 is 33.0. The predicted molar refractivity (Wildman–Crippen MR) is 137 cm³/mol. The molecule has 3 aromatic carbocycles. The third-order valence-electron chi connectivity index (χ3n) is 4.99. The zero-order valence-electron chi connectivity index (χ0n) is 19.9. The Hall–Kier alpha value is -4.71. The molecule has 12 heteroatoms. The molecule has 0 radical (unpaired) electrons. The SMILES string of the molecule is COc1ccc(N(CC(=O)N/N=C\c2ccccc2C(=O)O)S(=O)(=O)c2ccc(NC(C)=O)cc2)cc1. The first-order valence-electron chi connectivity index (χ1n) is 10.8. The third kappa shape index (κ3) is 6.92. The summed E-state index contributed by atoms with van der Waals surface area (Å²) in [5.74, 6) is -1.74. The smallest absolute Gasteiger partial charge is 0.336 e. The summed E-state index contributed by atoms with van der Waals surface area (Å²) in [6.07, 6.45) is 1.16. The van der Waals surface area contributed by atoms with Crippen molar-refractivity contribution in [2.24, 2.45) is 5.10 Å². The number of methoxy groups -OCH3 is 1. The number of anilines is 2. The number of aromatic carboxylic acids is 1. The van der Waals surface area contributed by atoms with Gasteiger partial charge in [0.25, 0.3) is 15.9 Å². The number of nitrogens with one attached hydrogen (secondary N) is 2. The number of carbonyl (C=O) groups is 3. The summed E-state index contributed by atoms with van der Waals surface area (Å²) in [5.41, 5.74) is 3.09. The number of sulfonamides is 1. The van der Waals surface area contributed by atoms with E-state index < -0.39 is 28.4 Å². The maximum absolute atomic E-state index is 13.5. The molecule has 0 atom stereocenters. The molecule has 0 spiro atoms. The van der Waals surface area contributed by atoms with Crippen LogP contribution in [0.25, 0.3) is 0 Å². The van der Waals surface area contributed by atoms with Crippen LogP contribution in [-0.4, -0.2) is 51.2 Å². The molecule has 0 aliphatic rings. The van der Waals surface area contributed by atoms with Crippen LogP contribution in [0.2, 0.25) is 0 Å². The summed E-state index contributed by atoms with van der Waals surface area (Å²) in [4.78, 5) is 35.2. The van der Waals surface area contributed by atoms with Gasteiger partial charge in [0.1, 0.15) is 12.3 Å². The average molecular weight is 525 g/mol. The average Bonchev–Trinajstić information content (AvgIpc) is 2.87. The molecule has 0 aliphatic heterocycles. The minimum absolute atomic E-state index is 0.00866. The van der Waals surface area contributed by atoms with Crippen LogP contribution in [0, 0.1) is 0 Å². The number of rotatable bonds is 10. The number of carbonyl (C=O) groups excluding carboxylic acids is 2. The second-order valence-corrected chi connectivity index (χ2v) is 9.46. The van der Waals surface area contributed by atoms with Gasteiger partial charge < -0.3 is 15.2 Å². The van der Waals surface area contributed by atoms with Gasteiger partial charge in [0.05, 0.1) is 29.5 Å². The van der Waals surface area contributed by atoms with Gasteiger partial charge in [-0.2, -0.15) is 5.10 Å². The molecule has 192 valence electrons. The Morgan fingerprint density at radius 2 is 1.65 bits per heavy atom. The molecule has 0 heterocycles. The Morgan fingerprint density at radius 3 is 2.24 bits per heavy atom. The van der Waals surface area contributed by atoms with E-state index in [1.165, 1.54) is 62.6 Å². The number of hydrogen-bond donors (Lipinski definition) is 3. The van der Waals surface area contributed by atoms with Crippen LogP contribution in [0.3, 0.4) is 0 Å². The van der Waals surface area contributed by atoms with Crippen molar-refractivity contribution in [1.82, 2.24) is 5.43 Å². The van der Waals surface area contributed by atoms with Crippen molar-refractivity contribution in [3.63, 3.8) is 0 Å². The standard InChI is InChI=1S/C25H24N4O7S/c1-17(30)27-19-7-13-22(14-8-19)37(34,35)29(20-9-11-21(36-2)12-10-20)16-24(31)28-26-15-18-5-3-4-6-23(18)25(32)33/h3-15H,16H2,1-2H3,(H,27,30)(H,28,31)(H,32,33)/b26-15-. The van der Waals surface area contributed by atoms with E-state index in [1.54, 1.807) is 24.3 Å². The van der Waals surface area contributed by atoms with Crippen molar-refractivity contribution in [3.05, 3.63) is 83.9 Å². The second kappa shape index (κ2) is 11.8. The number of nitrogens with zero attached hydrogens (tertiary/aromatic N) is 2. The quantitative estimate of drug-likeness (QED) is 0.272. The van der Waals surface area contributed by atoms with Crippen LogP contribution in [0.4, 0.5) is 11.4 Å². The zero-order valence-corrected chi connectivity index (χ0v) is 20.7. The lowest BCUT2D eigenvalue weighted by molar-refractivity contribution is -0.119. The lowest BCUT2D eigenvalue weighted by Gasteiger charge is -2.24. The van der Waals surface area contributed by atoms with E-state index in [9.17, 15) is 27.9 Å². The molecule has 2 amide bonds. The highest BCUT2D eigenvalue weighted by Crippen LogP contribution is 2.26. The van der Waals surface area contributed by atoms with Gasteiger partial charge in [-0.3, -0.25) is 13.9 Å². The topological polar surface area (TPSA) is 154 Å². The fourth-order valence-electron chi connectivity index (χ4n) is 3.25. The van der Waals surface area contributed by atoms with Crippen molar-refractivity contribution in [1.29, 1.82) is 0 Å². The summed E-state index contributed by atoms with van der Waals surface area (Å²) in [7, 11) is -2.75. The van der Waals surface area contributed by atoms with Crippen LogP contribution >= 0.6 is 0 Å². The van der Waals surface area contributed by atoms with E-state index in [-0.39, 0.29) is 27.6 Å². The molecule has 3 N–H and O–H groups in total. The minimum atomic E-state index is -4.22. The van der Waals surface area contributed by atoms with E-state index in [0.717, 1.165) is 10.5 Å². The molecule has 0 saturated heterocycles. The molecule has 0 fully saturated rings. The van der Waals surface area contributed by atoms with E-state index in [0.29, 0.717) is 11.4 Å². The molecular formula is C25H24N4O7S. The third-order valence-corrected chi connectivity index (χ3v) is 6.78. The van der Waals surface area contributed by atoms with Gasteiger partial charge in [0.15, 0.2) is 0 Å². The highest BCUT2D eigenvalue weighted by molar-refractivity contribution is 7.92. The van der Waals surface area contributed by atoms with E-state index in [2.05, 4.69) is 15.8 Å². The van der Waals surface area contributed by atoms with Gasteiger partial charge in [0.2, 0.25) is 5.91 Å². The number of benzene rings is 3. The van der Waals surface area contributed by atoms with Crippen LogP contribution in [0.1, 0.15) is 22.8 Å². The fraction of sp³-hybridized carbons (Fsp3) is 0.120. The fourth-order valence-corrected chi connectivity index (χ4v) is 4.67. The lowest BCUT2D eigenvalue weighted by Crippen LogP contribution is -2.39. The number of carboxylic acids is 1. The molecule has 0 unspecified atom stereocenters. The molecule has 3 rings (SSSR count). The number of amides is 2. The second-order valence-electron chi connectivity index (χ2n) is 7.60. The number of carboxylic acid groups (broad SMARTS) is 1. The first-order chi connectivity index (χ1) is 17.6. The van der Waals surface area contributed by atoms with Crippen molar-refractivity contribution in [3.8, 4) is 5.75 Å². The Morgan fingerprint density at radius 1 is 1.00 bits per heavy atom. The van der Waals surface area contributed by atoms with Gasteiger partial charge in [-0.25, -0.2) is 18.6 Å². The number of hydrogen-bond acceptors (Lipinski definition) is 7. The molecule has 0 saturated carbocycles. The van der Waals surface area contributed by atoms with E-state index >= 15 is 0 Å². The molecule has 3 aromatic rings. The monoisotopic (exact) mass is 524 g/mol. The maximum atomic E-state index is 13.5. The molecular weight excluding hydrogens is 500 g/mol. The largest absolute Gasteiger partial charge is 0.497 e.